The van der Waals surface area contributed by atoms with Crippen molar-refractivity contribution in [2.75, 3.05) is 41.0 Å². The lowest BCUT2D eigenvalue weighted by atomic mass is 10.1. The number of carbonyl (C=O) groups excluding carboxylic acids is 2. The fraction of sp³-hybridized carbons (Fsp3) is 0.738. The van der Waals surface area contributed by atoms with Gasteiger partial charge in [-0.3, -0.25) is 9.59 Å². The molecule has 0 aliphatic rings. The molecule has 0 aliphatic carbocycles. The Labute approximate surface area is 306 Å². The number of esters is 2. The first-order chi connectivity index (χ1) is 24.1. The molecule has 0 heterocycles. The molecule has 0 bridgehead atoms. The number of carboxylic acids is 1. The van der Waals surface area contributed by atoms with Gasteiger partial charge in [-0.25, -0.2) is 4.79 Å². The third kappa shape index (κ3) is 31.3. The van der Waals surface area contributed by atoms with Crippen LogP contribution in [0.5, 0.6) is 0 Å². The fourth-order valence-electron chi connectivity index (χ4n) is 5.38. The highest BCUT2D eigenvalue weighted by Crippen LogP contribution is 2.12. The molecular formula is C42H74NO7+. The number of ether oxygens (including phenoxy) is 3. The molecule has 2 atom stereocenters. The van der Waals surface area contributed by atoms with Gasteiger partial charge in [0.05, 0.1) is 34.4 Å². The lowest BCUT2D eigenvalue weighted by Crippen LogP contribution is -2.50. The molecule has 50 heavy (non-hydrogen) atoms. The molecule has 2 unspecified atom stereocenters. The van der Waals surface area contributed by atoms with Crippen molar-refractivity contribution in [1.29, 1.82) is 0 Å². The van der Waals surface area contributed by atoms with Gasteiger partial charge in [-0.05, 0) is 51.4 Å². The maximum atomic E-state index is 12.6. The van der Waals surface area contributed by atoms with Crippen LogP contribution in [0.2, 0.25) is 0 Å². The molecule has 288 valence electrons. The molecule has 0 amide bonds. The number of carboxylic acid groups (broad SMARTS) is 1. The number of nitrogens with zero attached hydrogens (tertiary/aromatic N) is 1. The normalized spacial score (nSPS) is 13.5. The summed E-state index contributed by atoms with van der Waals surface area (Å²) in [5.74, 6) is -1.55. The van der Waals surface area contributed by atoms with Crippen molar-refractivity contribution in [3.63, 3.8) is 0 Å². The number of unbranched alkanes of at least 4 members (excludes halogenated alkanes) is 12. The van der Waals surface area contributed by atoms with Crippen molar-refractivity contribution in [3.8, 4) is 0 Å². The van der Waals surface area contributed by atoms with E-state index in [1.807, 2.05) is 21.1 Å². The first kappa shape index (κ1) is 47.3. The van der Waals surface area contributed by atoms with Crippen LogP contribution in [0.4, 0.5) is 0 Å². The maximum Gasteiger partial charge on any atom is 0.362 e. The summed E-state index contributed by atoms with van der Waals surface area (Å²) in [6.45, 7) is 4.61. The van der Waals surface area contributed by atoms with Gasteiger partial charge in [-0.15, -0.1) is 0 Å². The van der Waals surface area contributed by atoms with E-state index in [9.17, 15) is 19.5 Å². The summed E-state index contributed by atoms with van der Waals surface area (Å²) in [6.07, 6.45) is 37.3. The predicted molar refractivity (Wildman–Crippen MR) is 206 cm³/mol. The minimum absolute atomic E-state index is 0.0394. The number of rotatable bonds is 34. The second kappa shape index (κ2) is 33.4. The molecule has 8 nitrogen and oxygen atoms in total. The highest BCUT2D eigenvalue weighted by molar-refractivity contribution is 5.72. The van der Waals surface area contributed by atoms with Gasteiger partial charge < -0.3 is 23.8 Å². The summed E-state index contributed by atoms with van der Waals surface area (Å²) in [5.41, 5.74) is 0. The van der Waals surface area contributed by atoms with Crippen molar-refractivity contribution in [2.24, 2.45) is 0 Å². The molecular weight excluding hydrogens is 630 g/mol. The second-order valence-corrected chi connectivity index (χ2v) is 14.2. The van der Waals surface area contributed by atoms with Crippen molar-refractivity contribution in [1.82, 2.24) is 0 Å². The van der Waals surface area contributed by atoms with E-state index in [1.165, 1.54) is 64.2 Å². The summed E-state index contributed by atoms with van der Waals surface area (Å²) in [5, 5.41) is 9.58. The van der Waals surface area contributed by atoms with Gasteiger partial charge in [0.15, 0.2) is 12.1 Å². The average Bonchev–Trinajstić information content (AvgIpc) is 3.06. The van der Waals surface area contributed by atoms with Crippen molar-refractivity contribution in [2.45, 2.75) is 161 Å². The zero-order valence-electron chi connectivity index (χ0n) is 32.6. The monoisotopic (exact) mass is 705 g/mol. The van der Waals surface area contributed by atoms with Crippen LogP contribution >= 0.6 is 0 Å². The predicted octanol–water partition coefficient (Wildman–Crippen LogP) is 10.1. The number of aliphatic carboxylic acids is 1. The number of hydrogen-bond acceptors (Lipinski definition) is 6. The number of likely N-dealkylation sites (N-methyl/N-ethyl adjacent to an activating group) is 1. The Kier molecular flexibility index (Phi) is 31.6. The topological polar surface area (TPSA) is 99.1 Å². The first-order valence-corrected chi connectivity index (χ1v) is 19.7. The van der Waals surface area contributed by atoms with Crippen LogP contribution < -0.4 is 0 Å². The molecule has 0 radical (unpaired) electrons. The van der Waals surface area contributed by atoms with Gasteiger partial charge in [0, 0.05) is 19.3 Å². The summed E-state index contributed by atoms with van der Waals surface area (Å²) in [6, 6.07) is -0.622. The SMILES string of the molecule is CCCCC/C=C/C/C=C/C/C=C/C/C=C/CCCC(=O)OC(COCCC(C(=O)O)[N+](C)(C)C)COC(=O)CCCCCCCCCCC. The van der Waals surface area contributed by atoms with Crippen molar-refractivity contribution >= 4 is 17.9 Å². The third-order valence-electron chi connectivity index (χ3n) is 8.48. The molecule has 0 saturated carbocycles. The van der Waals surface area contributed by atoms with Crippen LogP contribution in [0, 0.1) is 0 Å². The summed E-state index contributed by atoms with van der Waals surface area (Å²) in [4.78, 5) is 36.7. The average molecular weight is 705 g/mol. The molecule has 0 aliphatic heterocycles. The van der Waals surface area contributed by atoms with Crippen LogP contribution in [0.15, 0.2) is 48.6 Å². The van der Waals surface area contributed by atoms with E-state index in [2.05, 4.69) is 62.5 Å². The third-order valence-corrected chi connectivity index (χ3v) is 8.48. The van der Waals surface area contributed by atoms with Gasteiger partial charge in [0.1, 0.15) is 6.61 Å². The lowest BCUT2D eigenvalue weighted by molar-refractivity contribution is -0.887. The molecule has 0 aromatic carbocycles. The second-order valence-electron chi connectivity index (χ2n) is 14.2. The smallest absolute Gasteiger partial charge is 0.362 e. The van der Waals surface area contributed by atoms with Crippen LogP contribution in [-0.4, -0.2) is 80.6 Å². The minimum atomic E-state index is -0.885. The molecule has 0 saturated heterocycles. The van der Waals surface area contributed by atoms with Crippen LogP contribution in [0.1, 0.15) is 149 Å². The van der Waals surface area contributed by atoms with Crippen LogP contribution in [0.25, 0.3) is 0 Å². The maximum absolute atomic E-state index is 12.6. The van der Waals surface area contributed by atoms with E-state index >= 15 is 0 Å². The number of carbonyl (C=O) groups is 3. The standard InChI is InChI=1S/C42H73NO7/c1-6-8-10-12-14-16-17-18-19-20-21-22-23-25-27-29-31-33-41(45)50-38(36-48-35-34-39(42(46)47)43(3,4)5)37-49-40(44)32-30-28-26-24-15-13-11-9-7-2/h14,16,18-19,21-22,25,27,38-39H,6-13,15,17,20,23-24,26,28-37H2,1-5H3/p+1/b16-14+,19-18+,22-21+,27-25+. The number of quaternary nitrogens is 1. The van der Waals surface area contributed by atoms with E-state index in [4.69, 9.17) is 14.2 Å². The summed E-state index contributed by atoms with van der Waals surface area (Å²) in [7, 11) is 5.49. The zero-order chi connectivity index (χ0) is 37.1. The van der Waals surface area contributed by atoms with E-state index in [-0.39, 0.29) is 42.7 Å². The van der Waals surface area contributed by atoms with Gasteiger partial charge in [0.25, 0.3) is 0 Å². The van der Waals surface area contributed by atoms with Gasteiger partial charge >= 0.3 is 17.9 Å². The lowest BCUT2D eigenvalue weighted by Gasteiger charge is -2.31. The Morgan fingerprint density at radius 1 is 0.600 bits per heavy atom. The molecule has 0 aromatic heterocycles. The highest BCUT2D eigenvalue weighted by atomic mass is 16.6. The number of hydrogen-bond donors (Lipinski definition) is 1. The first-order valence-electron chi connectivity index (χ1n) is 19.7. The minimum Gasteiger partial charge on any atom is -0.477 e. The van der Waals surface area contributed by atoms with E-state index in [0.29, 0.717) is 19.3 Å². The largest absolute Gasteiger partial charge is 0.477 e. The van der Waals surface area contributed by atoms with Crippen molar-refractivity contribution in [3.05, 3.63) is 48.6 Å². The Balaban J connectivity index is 4.51. The molecule has 0 spiro atoms. The Bertz CT molecular complexity index is 964. The van der Waals surface area contributed by atoms with Crippen LogP contribution in [0.3, 0.4) is 0 Å². The summed E-state index contributed by atoms with van der Waals surface area (Å²) < 4.78 is 17.1. The van der Waals surface area contributed by atoms with Gasteiger partial charge in [-0.1, -0.05) is 127 Å². The number of allylic oxidation sites excluding steroid dienone is 8. The Hall–Kier alpha value is -2.71. The van der Waals surface area contributed by atoms with E-state index in [1.54, 1.807) is 0 Å². The van der Waals surface area contributed by atoms with Gasteiger partial charge in [0.2, 0.25) is 0 Å². The van der Waals surface area contributed by atoms with E-state index in [0.717, 1.165) is 44.9 Å². The van der Waals surface area contributed by atoms with Gasteiger partial charge in [-0.2, -0.15) is 0 Å². The quantitative estimate of drug-likeness (QED) is 0.0308. The highest BCUT2D eigenvalue weighted by Gasteiger charge is 2.31. The van der Waals surface area contributed by atoms with Crippen molar-refractivity contribution < 1.29 is 38.2 Å². The van der Waals surface area contributed by atoms with Crippen LogP contribution in [-0.2, 0) is 28.6 Å². The Morgan fingerprint density at radius 2 is 1.08 bits per heavy atom. The fourth-order valence-corrected chi connectivity index (χ4v) is 5.38. The molecule has 0 fully saturated rings. The Morgan fingerprint density at radius 3 is 1.62 bits per heavy atom. The van der Waals surface area contributed by atoms with E-state index < -0.39 is 18.1 Å². The molecule has 1 N–H and O–H groups in total. The molecule has 8 heteroatoms. The molecule has 0 rings (SSSR count). The zero-order valence-corrected chi connectivity index (χ0v) is 32.6. The molecule has 0 aromatic rings. The summed E-state index contributed by atoms with van der Waals surface area (Å²) >= 11 is 0.